The van der Waals surface area contributed by atoms with Crippen molar-refractivity contribution in [2.75, 3.05) is 33.2 Å². The van der Waals surface area contributed by atoms with E-state index in [4.69, 9.17) is 4.42 Å². The van der Waals surface area contributed by atoms with Gasteiger partial charge in [0.2, 0.25) is 0 Å². The summed E-state index contributed by atoms with van der Waals surface area (Å²) in [6.07, 6.45) is -5.50. The second-order valence-corrected chi connectivity index (χ2v) is 10.1. The van der Waals surface area contributed by atoms with Crippen molar-refractivity contribution in [3.63, 3.8) is 0 Å². The van der Waals surface area contributed by atoms with Crippen molar-refractivity contribution >= 4 is 33.8 Å². The zero-order chi connectivity index (χ0) is 27.1. The first-order valence-corrected chi connectivity index (χ1v) is 11.9. The highest BCUT2D eigenvalue weighted by atomic mass is 19.4. The summed E-state index contributed by atoms with van der Waals surface area (Å²) in [4.78, 5) is 28.5. The molecule has 7 nitrogen and oxygen atoms in total. The molecule has 1 amide bonds. The Labute approximate surface area is 211 Å². The van der Waals surface area contributed by atoms with Gasteiger partial charge >= 0.3 is 12.1 Å². The maximum absolute atomic E-state index is 14.1. The summed E-state index contributed by atoms with van der Waals surface area (Å²) in [6.45, 7) is 4.96. The van der Waals surface area contributed by atoms with Crippen molar-refractivity contribution in [3.05, 3.63) is 47.5 Å². The number of carbonyl (C=O) groups is 2. The van der Waals surface area contributed by atoms with E-state index in [9.17, 15) is 32.3 Å². The molecule has 1 aliphatic heterocycles. The highest BCUT2D eigenvalue weighted by molar-refractivity contribution is 6.08. The normalized spacial score (nSPS) is 17.3. The fraction of sp³-hybridized carbons (Fsp3) is 0.462. The van der Waals surface area contributed by atoms with Crippen LogP contribution in [-0.4, -0.2) is 77.9 Å². The van der Waals surface area contributed by atoms with Crippen LogP contribution in [0.15, 0.2) is 40.8 Å². The molecular formula is C26H29F4N3O4. The van der Waals surface area contributed by atoms with Gasteiger partial charge in [-0.3, -0.25) is 14.9 Å². The van der Waals surface area contributed by atoms with Crippen LogP contribution in [0.5, 0.6) is 0 Å². The third kappa shape index (κ3) is 6.04. The Morgan fingerprint density at radius 2 is 1.68 bits per heavy atom. The number of aliphatic carboxylic acids is 1. The van der Waals surface area contributed by atoms with Crippen LogP contribution < -0.4 is 5.32 Å². The monoisotopic (exact) mass is 523 g/mol. The predicted octanol–water partition coefficient (Wildman–Crippen LogP) is 4.76. The Hall–Kier alpha value is -3.18. The molecule has 200 valence electrons. The summed E-state index contributed by atoms with van der Waals surface area (Å²) in [7, 11) is 1.99. The van der Waals surface area contributed by atoms with Gasteiger partial charge < -0.3 is 19.3 Å². The van der Waals surface area contributed by atoms with Gasteiger partial charge in [-0.15, -0.1) is 0 Å². The number of nitrogens with one attached hydrogen (secondary N) is 1. The molecule has 0 saturated carbocycles. The number of piperazine rings is 1. The Morgan fingerprint density at radius 1 is 1.00 bits per heavy atom. The van der Waals surface area contributed by atoms with E-state index in [0.717, 1.165) is 26.9 Å². The van der Waals surface area contributed by atoms with E-state index in [1.165, 1.54) is 18.2 Å². The fourth-order valence-corrected chi connectivity index (χ4v) is 4.58. The Morgan fingerprint density at radius 3 is 2.27 bits per heavy atom. The number of carboxylic acid groups (broad SMARTS) is 1. The molecule has 11 heteroatoms. The summed E-state index contributed by atoms with van der Waals surface area (Å²) >= 11 is 0. The largest absolute Gasteiger partial charge is 0.480 e. The van der Waals surface area contributed by atoms with Crippen molar-refractivity contribution in [2.45, 2.75) is 44.2 Å². The number of amides is 1. The fourth-order valence-electron chi connectivity index (χ4n) is 4.58. The molecule has 0 bridgehead atoms. The minimum atomic E-state index is -4.85. The van der Waals surface area contributed by atoms with Crippen LogP contribution in [0.2, 0.25) is 0 Å². The maximum atomic E-state index is 14.1. The number of likely N-dealkylation sites (N-methyl/N-ethyl adjacent to an activating group) is 1. The molecule has 0 radical (unpaired) electrons. The van der Waals surface area contributed by atoms with Crippen LogP contribution in [-0.2, 0) is 4.79 Å². The average Bonchev–Trinajstić information content (AvgIpc) is 3.17. The lowest BCUT2D eigenvalue weighted by atomic mass is 9.97. The first-order valence-electron chi connectivity index (χ1n) is 11.9. The molecule has 2 heterocycles. The molecule has 1 saturated heterocycles. The number of hydrogen-bond donors (Lipinski definition) is 2. The number of carbonyl (C=O) groups excluding carboxylic acids is 1. The summed E-state index contributed by atoms with van der Waals surface area (Å²) in [5, 5.41) is 12.6. The topological polar surface area (TPSA) is 86.0 Å². The molecule has 1 fully saturated rings. The molecule has 3 aromatic rings. The van der Waals surface area contributed by atoms with Crippen molar-refractivity contribution in [3.8, 4) is 0 Å². The van der Waals surface area contributed by atoms with E-state index in [1.807, 2.05) is 7.05 Å². The Kier molecular flexibility index (Phi) is 7.22. The van der Waals surface area contributed by atoms with E-state index in [2.05, 4.69) is 10.2 Å². The predicted molar refractivity (Wildman–Crippen MR) is 130 cm³/mol. The second kappa shape index (κ2) is 9.94. The number of hydrogen-bond acceptors (Lipinski definition) is 5. The highest BCUT2D eigenvalue weighted by Crippen LogP contribution is 2.37. The van der Waals surface area contributed by atoms with Crippen molar-refractivity contribution in [1.29, 1.82) is 0 Å². The molecule has 37 heavy (non-hydrogen) atoms. The lowest BCUT2D eigenvalue weighted by Crippen LogP contribution is -2.47. The van der Waals surface area contributed by atoms with Crippen LogP contribution in [0.4, 0.5) is 17.6 Å². The standard InChI is InChI=1S/C26H29F4N3O4/c1-25(2,27)14-19(24(35)36)31-22(26(28,29)30)15-4-6-17-18-12-16(5-7-20(18)37-21(17)13-15)23(34)33-10-8-32(3)9-11-33/h4-7,12-13,19,22,31H,8-11,14H2,1-3H3,(H,35,36)/t19-,22-/m0/s1. The molecular weight excluding hydrogens is 494 g/mol. The number of carboxylic acids is 1. The molecule has 0 unspecified atom stereocenters. The molecule has 0 aliphatic carbocycles. The van der Waals surface area contributed by atoms with E-state index in [0.29, 0.717) is 35.0 Å². The number of benzene rings is 2. The minimum Gasteiger partial charge on any atom is -0.480 e. The number of fused-ring (bicyclic) bond motifs is 3. The number of halogens is 4. The molecule has 2 aromatic carbocycles. The van der Waals surface area contributed by atoms with Gasteiger partial charge in [0.25, 0.3) is 5.91 Å². The third-order valence-corrected chi connectivity index (χ3v) is 6.55. The second-order valence-electron chi connectivity index (χ2n) is 10.1. The van der Waals surface area contributed by atoms with Crippen LogP contribution in [0, 0.1) is 0 Å². The molecule has 2 atom stereocenters. The van der Waals surface area contributed by atoms with Crippen LogP contribution in [0.3, 0.4) is 0 Å². The third-order valence-electron chi connectivity index (χ3n) is 6.55. The lowest BCUT2D eigenvalue weighted by molar-refractivity contribution is -0.164. The molecule has 1 aromatic heterocycles. The first kappa shape index (κ1) is 26.9. The molecule has 4 rings (SSSR count). The number of nitrogens with zero attached hydrogens (tertiary/aromatic N) is 2. The highest BCUT2D eigenvalue weighted by Gasteiger charge is 2.44. The van der Waals surface area contributed by atoms with Crippen LogP contribution in [0.25, 0.3) is 21.9 Å². The van der Waals surface area contributed by atoms with E-state index in [-0.39, 0.29) is 17.1 Å². The van der Waals surface area contributed by atoms with Gasteiger partial charge in [0.1, 0.15) is 28.9 Å². The van der Waals surface area contributed by atoms with Gasteiger partial charge in [-0.05, 0) is 50.7 Å². The van der Waals surface area contributed by atoms with Crippen molar-refractivity contribution in [2.24, 2.45) is 0 Å². The van der Waals surface area contributed by atoms with Gasteiger partial charge in [0.15, 0.2) is 0 Å². The Bertz CT molecular complexity index is 1310. The number of furan rings is 1. The molecule has 1 aliphatic rings. The van der Waals surface area contributed by atoms with Crippen molar-refractivity contribution < 1.29 is 36.7 Å². The summed E-state index contributed by atoms with van der Waals surface area (Å²) < 4.78 is 61.8. The summed E-state index contributed by atoms with van der Waals surface area (Å²) in [6, 6.07) is 4.67. The SMILES string of the molecule is CN1CCN(C(=O)c2ccc3oc4cc([C@H](N[C@@H](CC(C)(C)F)C(=O)O)C(F)(F)F)ccc4c3c2)CC1. The lowest BCUT2D eigenvalue weighted by Gasteiger charge is -2.32. The quantitative estimate of drug-likeness (QED) is 0.435. The Balaban J connectivity index is 1.67. The van der Waals surface area contributed by atoms with Gasteiger partial charge in [-0.2, -0.15) is 13.2 Å². The van der Waals surface area contributed by atoms with Crippen molar-refractivity contribution in [1.82, 2.24) is 15.1 Å². The average molecular weight is 524 g/mol. The number of rotatable bonds is 7. The van der Waals surface area contributed by atoms with Gasteiger partial charge in [0.05, 0.1) is 0 Å². The van der Waals surface area contributed by atoms with E-state index in [1.54, 1.807) is 23.1 Å². The maximum Gasteiger partial charge on any atom is 0.407 e. The van der Waals surface area contributed by atoms with E-state index >= 15 is 0 Å². The van der Waals surface area contributed by atoms with E-state index < -0.39 is 36.3 Å². The molecule has 0 spiro atoms. The zero-order valence-electron chi connectivity index (χ0n) is 20.7. The van der Waals surface area contributed by atoms with Crippen LogP contribution >= 0.6 is 0 Å². The summed E-state index contributed by atoms with van der Waals surface area (Å²) in [5.74, 6) is -1.71. The summed E-state index contributed by atoms with van der Waals surface area (Å²) in [5.41, 5.74) is -1.24. The van der Waals surface area contributed by atoms with Gasteiger partial charge in [-0.1, -0.05) is 12.1 Å². The minimum absolute atomic E-state index is 0.127. The first-order chi connectivity index (χ1) is 17.2. The van der Waals surface area contributed by atoms with Gasteiger partial charge in [-0.25, -0.2) is 4.39 Å². The smallest absolute Gasteiger partial charge is 0.407 e. The number of alkyl halides is 4. The van der Waals surface area contributed by atoms with Crippen LogP contribution in [0.1, 0.15) is 42.2 Å². The molecule has 2 N–H and O–H groups in total. The van der Waals surface area contributed by atoms with Gasteiger partial charge in [0, 0.05) is 48.9 Å². The zero-order valence-corrected chi connectivity index (χ0v) is 20.7.